The van der Waals surface area contributed by atoms with Gasteiger partial charge in [0.1, 0.15) is 5.82 Å². The monoisotopic (exact) mass is 450 g/mol. The van der Waals surface area contributed by atoms with Crippen molar-refractivity contribution in [3.8, 4) is 0 Å². The molecule has 5 nitrogen and oxygen atoms in total. The number of imidazole rings is 1. The number of piperidine rings is 1. The Hall–Kier alpha value is -2.74. The molecule has 2 heterocycles. The Balaban J connectivity index is 1.51. The molecule has 164 valence electrons. The van der Waals surface area contributed by atoms with Crippen LogP contribution in [0.2, 0.25) is 5.02 Å². The summed E-state index contributed by atoms with van der Waals surface area (Å²) in [5.74, 6) is 0.832. The van der Waals surface area contributed by atoms with E-state index in [1.165, 1.54) is 5.56 Å². The van der Waals surface area contributed by atoms with Gasteiger partial charge in [-0.25, -0.2) is 9.78 Å². The van der Waals surface area contributed by atoms with Crippen molar-refractivity contribution >= 4 is 34.4 Å². The van der Waals surface area contributed by atoms with Crippen LogP contribution in [0.1, 0.15) is 41.3 Å². The fourth-order valence-electron chi connectivity index (χ4n) is 3.86. The Morgan fingerprint density at radius 1 is 1.23 bits per heavy atom. The molecule has 0 saturated carbocycles. The molecule has 0 radical (unpaired) electrons. The van der Waals surface area contributed by atoms with Crippen LogP contribution in [0.4, 0.5) is 23.7 Å². The van der Waals surface area contributed by atoms with E-state index in [4.69, 9.17) is 16.6 Å². The maximum Gasteiger partial charge on any atom is 0.416 e. The summed E-state index contributed by atoms with van der Waals surface area (Å²) >= 11 is 6.01. The second-order valence-corrected chi connectivity index (χ2v) is 8.39. The van der Waals surface area contributed by atoms with Crippen LogP contribution >= 0.6 is 11.6 Å². The van der Waals surface area contributed by atoms with Gasteiger partial charge in [0, 0.05) is 19.0 Å². The van der Waals surface area contributed by atoms with Crippen LogP contribution in [0.5, 0.6) is 0 Å². The van der Waals surface area contributed by atoms with Gasteiger partial charge in [0.25, 0.3) is 0 Å². The van der Waals surface area contributed by atoms with Crippen LogP contribution in [-0.2, 0) is 6.18 Å². The molecule has 9 heteroatoms. The Bertz CT molecular complexity index is 1100. The van der Waals surface area contributed by atoms with Crippen molar-refractivity contribution in [2.24, 2.45) is 0 Å². The molecule has 1 aliphatic heterocycles. The maximum absolute atomic E-state index is 13.0. The summed E-state index contributed by atoms with van der Waals surface area (Å²) in [5.41, 5.74) is 3.25. The van der Waals surface area contributed by atoms with E-state index in [1.54, 1.807) is 4.90 Å². The van der Waals surface area contributed by atoms with Crippen LogP contribution in [0.25, 0.3) is 11.0 Å². The molecule has 4 rings (SSSR count). The van der Waals surface area contributed by atoms with Gasteiger partial charge in [-0.15, -0.1) is 0 Å². The van der Waals surface area contributed by atoms with E-state index in [0.717, 1.165) is 53.5 Å². The van der Waals surface area contributed by atoms with E-state index in [0.29, 0.717) is 13.1 Å². The summed E-state index contributed by atoms with van der Waals surface area (Å²) in [7, 11) is 0. The van der Waals surface area contributed by atoms with Crippen molar-refractivity contribution in [3.63, 3.8) is 0 Å². The molecule has 1 fully saturated rings. The first-order chi connectivity index (χ1) is 14.6. The number of nitrogens with one attached hydrogen (secondary N) is 2. The molecular weight excluding hydrogens is 429 g/mol. The normalized spacial score (nSPS) is 17.2. The lowest BCUT2D eigenvalue weighted by Crippen LogP contribution is -2.41. The molecule has 2 aromatic carbocycles. The molecule has 2 amide bonds. The van der Waals surface area contributed by atoms with Gasteiger partial charge in [0.05, 0.1) is 27.3 Å². The number of nitrogens with zero attached hydrogens (tertiary/aromatic N) is 2. The highest BCUT2D eigenvalue weighted by Gasteiger charge is 2.32. The van der Waals surface area contributed by atoms with Crippen molar-refractivity contribution in [2.45, 2.75) is 38.8 Å². The van der Waals surface area contributed by atoms with Gasteiger partial charge in [-0.2, -0.15) is 13.2 Å². The van der Waals surface area contributed by atoms with Crippen LogP contribution in [0, 0.1) is 13.8 Å². The van der Waals surface area contributed by atoms with Crippen molar-refractivity contribution in [2.75, 3.05) is 18.4 Å². The third kappa shape index (κ3) is 4.49. The zero-order chi connectivity index (χ0) is 22.3. The number of aromatic amines is 1. The number of fused-ring (bicyclic) bond motifs is 1. The van der Waals surface area contributed by atoms with Crippen molar-refractivity contribution in [1.29, 1.82) is 0 Å². The lowest BCUT2D eigenvalue weighted by atomic mass is 9.97. The minimum absolute atomic E-state index is 0.0180. The number of rotatable bonds is 2. The zero-order valence-corrected chi connectivity index (χ0v) is 17.9. The standard InChI is InChI=1S/C22H22ClF3N4O/c1-12-8-18-19(9-13(12)2)28-20(27-18)14-4-3-7-30(11-14)21(31)29-17-10-15(22(24,25)26)5-6-16(17)23/h5-6,8-10,14H,3-4,7,11H2,1-2H3,(H,27,28)(H,29,31)/t14-/m0/s1. The van der Waals surface area contributed by atoms with Crippen LogP contribution in [-0.4, -0.2) is 34.0 Å². The number of likely N-dealkylation sites (tertiary alicyclic amines) is 1. The smallest absolute Gasteiger partial charge is 0.342 e. The Labute approximate surface area is 182 Å². The van der Waals surface area contributed by atoms with E-state index in [-0.39, 0.29) is 16.6 Å². The third-order valence-electron chi connectivity index (χ3n) is 5.75. The topological polar surface area (TPSA) is 61.0 Å². The van der Waals surface area contributed by atoms with Crippen molar-refractivity contribution < 1.29 is 18.0 Å². The number of hydrogen-bond acceptors (Lipinski definition) is 2. The van der Waals surface area contributed by atoms with E-state index in [2.05, 4.69) is 16.4 Å². The largest absolute Gasteiger partial charge is 0.416 e. The zero-order valence-electron chi connectivity index (χ0n) is 17.1. The van der Waals surface area contributed by atoms with E-state index >= 15 is 0 Å². The average molecular weight is 451 g/mol. The number of anilines is 1. The number of carbonyl (C=O) groups excluding carboxylic acids is 1. The maximum atomic E-state index is 13.0. The molecule has 1 aromatic heterocycles. The van der Waals surface area contributed by atoms with Crippen molar-refractivity contribution in [1.82, 2.24) is 14.9 Å². The molecule has 0 spiro atoms. The number of carbonyl (C=O) groups is 1. The van der Waals surface area contributed by atoms with Crippen molar-refractivity contribution in [3.05, 3.63) is 57.9 Å². The average Bonchev–Trinajstić information content (AvgIpc) is 3.12. The highest BCUT2D eigenvalue weighted by molar-refractivity contribution is 6.33. The molecule has 2 N–H and O–H groups in total. The molecule has 0 aliphatic carbocycles. The van der Waals surface area contributed by atoms with Gasteiger partial charge in [-0.1, -0.05) is 11.6 Å². The predicted octanol–water partition coefficient (Wildman–Crippen LogP) is 6.26. The SMILES string of the molecule is Cc1cc2nc([C@H]3CCCN(C(=O)Nc4cc(C(F)(F)F)ccc4Cl)C3)[nH]c2cc1C. The van der Waals surface area contributed by atoms with E-state index < -0.39 is 17.8 Å². The predicted molar refractivity (Wildman–Crippen MR) is 115 cm³/mol. The molecule has 1 atom stereocenters. The fourth-order valence-corrected chi connectivity index (χ4v) is 4.02. The second-order valence-electron chi connectivity index (χ2n) is 7.98. The minimum atomic E-state index is -4.52. The first-order valence-electron chi connectivity index (χ1n) is 10.0. The molecule has 31 heavy (non-hydrogen) atoms. The second kappa shape index (κ2) is 8.07. The van der Waals surface area contributed by atoms with E-state index in [9.17, 15) is 18.0 Å². The number of aromatic nitrogens is 2. The Kier molecular flexibility index (Phi) is 5.60. The number of aryl methyl sites for hydroxylation is 2. The first kappa shape index (κ1) is 21.5. The minimum Gasteiger partial charge on any atom is -0.342 e. The number of amides is 2. The van der Waals surface area contributed by atoms with Gasteiger partial charge in [-0.3, -0.25) is 0 Å². The molecule has 1 saturated heterocycles. The van der Waals surface area contributed by atoms with Gasteiger partial charge in [-0.05, 0) is 68.1 Å². The number of alkyl halides is 3. The van der Waals surface area contributed by atoms with Crippen LogP contribution in [0.3, 0.4) is 0 Å². The molecule has 1 aliphatic rings. The molecule has 3 aromatic rings. The molecular formula is C22H22ClF3N4O. The van der Waals surface area contributed by atoms with Crippen LogP contribution < -0.4 is 5.32 Å². The van der Waals surface area contributed by atoms with Gasteiger partial charge < -0.3 is 15.2 Å². The quantitative estimate of drug-likeness (QED) is 0.483. The van der Waals surface area contributed by atoms with Gasteiger partial charge in [0.15, 0.2) is 0 Å². The summed E-state index contributed by atoms with van der Waals surface area (Å²) in [6, 6.07) is 6.49. The van der Waals surface area contributed by atoms with Crippen LogP contribution in [0.15, 0.2) is 30.3 Å². The van der Waals surface area contributed by atoms with Gasteiger partial charge >= 0.3 is 12.2 Å². The lowest BCUT2D eigenvalue weighted by molar-refractivity contribution is -0.137. The molecule has 0 bridgehead atoms. The third-order valence-corrected chi connectivity index (χ3v) is 6.08. The number of benzene rings is 2. The van der Waals surface area contributed by atoms with E-state index in [1.807, 2.05) is 19.9 Å². The summed E-state index contributed by atoms with van der Waals surface area (Å²) in [5, 5.41) is 2.58. The first-order valence-corrected chi connectivity index (χ1v) is 10.4. The summed E-state index contributed by atoms with van der Waals surface area (Å²) in [6.07, 6.45) is -2.88. The summed E-state index contributed by atoms with van der Waals surface area (Å²) < 4.78 is 39.0. The summed E-state index contributed by atoms with van der Waals surface area (Å²) in [6.45, 7) is 5.01. The molecule has 0 unspecified atom stereocenters. The highest BCUT2D eigenvalue weighted by Crippen LogP contribution is 2.34. The summed E-state index contributed by atoms with van der Waals surface area (Å²) in [4.78, 5) is 22.4. The highest BCUT2D eigenvalue weighted by atomic mass is 35.5. The number of H-pyrrole nitrogens is 1. The van der Waals surface area contributed by atoms with Gasteiger partial charge in [0.2, 0.25) is 0 Å². The lowest BCUT2D eigenvalue weighted by Gasteiger charge is -2.32. The Morgan fingerprint density at radius 2 is 1.97 bits per heavy atom. The fraction of sp³-hybridized carbons (Fsp3) is 0.364. The Morgan fingerprint density at radius 3 is 2.71 bits per heavy atom. The number of urea groups is 1. The number of hydrogen-bond donors (Lipinski definition) is 2. The number of halogens is 4.